The molecule has 0 radical (unpaired) electrons. The average Bonchev–Trinajstić information content (AvgIpc) is 2.88. The first-order valence-corrected chi connectivity index (χ1v) is 11.2. The summed E-state index contributed by atoms with van der Waals surface area (Å²) in [6.45, 7) is 8.52. The fourth-order valence-electron chi connectivity index (χ4n) is 4.45. The second-order valence-corrected chi connectivity index (χ2v) is 9.80. The van der Waals surface area contributed by atoms with Crippen molar-refractivity contribution in [2.24, 2.45) is 0 Å². The van der Waals surface area contributed by atoms with E-state index < -0.39 is 5.54 Å². The van der Waals surface area contributed by atoms with Crippen LogP contribution in [0.15, 0.2) is 36.7 Å². The SMILES string of the molecule is CCSN1CCCC(c2cncc(N3C(=O)c4ccc(Cl)cc4C3(C)C)c2)C1. The van der Waals surface area contributed by atoms with E-state index in [0.717, 1.165) is 35.7 Å². The van der Waals surface area contributed by atoms with E-state index in [1.807, 2.05) is 35.2 Å². The molecule has 28 heavy (non-hydrogen) atoms. The van der Waals surface area contributed by atoms with Gasteiger partial charge in [0.05, 0.1) is 17.4 Å². The van der Waals surface area contributed by atoms with Crippen molar-refractivity contribution < 1.29 is 4.79 Å². The van der Waals surface area contributed by atoms with Crippen LogP contribution in [0, 0.1) is 0 Å². The molecule has 1 atom stereocenters. The van der Waals surface area contributed by atoms with Gasteiger partial charge in [0.15, 0.2) is 0 Å². The van der Waals surface area contributed by atoms with Crippen molar-refractivity contribution in [3.05, 3.63) is 58.4 Å². The molecular weight excluding hydrogens is 390 g/mol. The van der Waals surface area contributed by atoms with Crippen LogP contribution in [0.1, 0.15) is 61.0 Å². The number of amides is 1. The van der Waals surface area contributed by atoms with Gasteiger partial charge in [-0.2, -0.15) is 0 Å². The Morgan fingerprint density at radius 3 is 2.89 bits per heavy atom. The summed E-state index contributed by atoms with van der Waals surface area (Å²) in [7, 11) is 0. The molecule has 0 bridgehead atoms. The summed E-state index contributed by atoms with van der Waals surface area (Å²) in [6.07, 6.45) is 6.13. The quantitative estimate of drug-likeness (QED) is 0.619. The Hall–Kier alpha value is -1.56. The van der Waals surface area contributed by atoms with E-state index in [0.29, 0.717) is 10.9 Å². The molecule has 3 heterocycles. The molecule has 4 rings (SSSR count). The zero-order valence-corrected chi connectivity index (χ0v) is 18.2. The van der Waals surface area contributed by atoms with E-state index in [4.69, 9.17) is 11.6 Å². The number of hydrogen-bond donors (Lipinski definition) is 0. The van der Waals surface area contributed by atoms with Gasteiger partial charge in [0.2, 0.25) is 0 Å². The zero-order valence-electron chi connectivity index (χ0n) is 16.6. The minimum absolute atomic E-state index is 0.0161. The van der Waals surface area contributed by atoms with Gasteiger partial charge in [-0.05, 0) is 68.0 Å². The smallest absolute Gasteiger partial charge is 0.259 e. The third kappa shape index (κ3) is 3.44. The minimum atomic E-state index is -0.464. The second kappa shape index (κ2) is 7.69. The predicted octanol–water partition coefficient (Wildman–Crippen LogP) is 5.48. The highest BCUT2D eigenvalue weighted by Gasteiger charge is 2.44. The van der Waals surface area contributed by atoms with Crippen molar-refractivity contribution in [3.63, 3.8) is 0 Å². The molecule has 1 saturated heterocycles. The standard InChI is InChI=1S/C22H26ClN3OS/c1-4-28-25-9-5-6-15(14-25)16-10-18(13-24-12-16)26-21(27)19-8-7-17(23)11-20(19)22(26,2)3/h7-8,10-13,15H,4-6,9,14H2,1-3H3. The first kappa shape index (κ1) is 19.7. The average molecular weight is 416 g/mol. The van der Waals surface area contributed by atoms with Crippen molar-refractivity contribution >= 4 is 35.1 Å². The van der Waals surface area contributed by atoms with Crippen LogP contribution in [0.2, 0.25) is 5.02 Å². The lowest BCUT2D eigenvalue weighted by molar-refractivity contribution is 0.0982. The number of carbonyl (C=O) groups is 1. The lowest BCUT2D eigenvalue weighted by Gasteiger charge is -2.34. The van der Waals surface area contributed by atoms with Gasteiger partial charge in [-0.15, -0.1) is 0 Å². The summed E-state index contributed by atoms with van der Waals surface area (Å²) < 4.78 is 2.46. The maximum atomic E-state index is 13.2. The van der Waals surface area contributed by atoms with Crippen LogP contribution >= 0.6 is 23.5 Å². The van der Waals surface area contributed by atoms with Crippen molar-refractivity contribution in [1.29, 1.82) is 0 Å². The van der Waals surface area contributed by atoms with Crippen LogP contribution in [-0.2, 0) is 5.54 Å². The topological polar surface area (TPSA) is 36.4 Å². The van der Waals surface area contributed by atoms with Gasteiger partial charge in [-0.3, -0.25) is 19.0 Å². The summed E-state index contributed by atoms with van der Waals surface area (Å²) in [4.78, 5) is 19.6. The van der Waals surface area contributed by atoms with Gasteiger partial charge in [-0.25, -0.2) is 0 Å². The van der Waals surface area contributed by atoms with E-state index >= 15 is 0 Å². The number of hydrogen-bond acceptors (Lipinski definition) is 4. The molecule has 1 aromatic carbocycles. The van der Waals surface area contributed by atoms with Crippen LogP contribution in [0.4, 0.5) is 5.69 Å². The molecule has 6 heteroatoms. The maximum Gasteiger partial charge on any atom is 0.259 e. The first-order valence-electron chi connectivity index (χ1n) is 9.89. The van der Waals surface area contributed by atoms with Gasteiger partial charge in [0, 0.05) is 35.6 Å². The van der Waals surface area contributed by atoms with Crippen molar-refractivity contribution in [2.45, 2.75) is 45.1 Å². The van der Waals surface area contributed by atoms with E-state index in [9.17, 15) is 4.79 Å². The van der Waals surface area contributed by atoms with E-state index in [1.54, 1.807) is 12.3 Å². The number of rotatable bonds is 4. The van der Waals surface area contributed by atoms with Crippen molar-refractivity contribution in [3.8, 4) is 0 Å². The molecule has 4 nitrogen and oxygen atoms in total. The lowest BCUT2D eigenvalue weighted by atomic mass is 9.91. The van der Waals surface area contributed by atoms with E-state index in [2.05, 4.69) is 36.1 Å². The molecular formula is C22H26ClN3OS. The second-order valence-electron chi connectivity index (χ2n) is 8.01. The van der Waals surface area contributed by atoms with Crippen LogP contribution in [0.5, 0.6) is 0 Å². The Kier molecular flexibility index (Phi) is 5.43. The summed E-state index contributed by atoms with van der Waals surface area (Å²) in [5, 5.41) is 0.657. The Balaban J connectivity index is 1.66. The molecule has 2 aliphatic rings. The third-order valence-electron chi connectivity index (χ3n) is 5.80. The van der Waals surface area contributed by atoms with Crippen molar-refractivity contribution in [1.82, 2.24) is 9.29 Å². The fourth-order valence-corrected chi connectivity index (χ4v) is 5.53. The fraction of sp³-hybridized carbons (Fsp3) is 0.455. The third-order valence-corrected chi connectivity index (χ3v) is 6.99. The molecule has 1 amide bonds. The van der Waals surface area contributed by atoms with Crippen LogP contribution in [0.3, 0.4) is 0 Å². The summed E-state index contributed by atoms with van der Waals surface area (Å²) in [6, 6.07) is 7.69. The normalized spacial score (nSPS) is 21.8. The van der Waals surface area contributed by atoms with Crippen LogP contribution < -0.4 is 4.90 Å². The molecule has 2 aliphatic heterocycles. The number of anilines is 1. The molecule has 0 N–H and O–H groups in total. The number of aromatic nitrogens is 1. The summed E-state index contributed by atoms with van der Waals surface area (Å²) >= 11 is 8.12. The Morgan fingerprint density at radius 1 is 1.29 bits per heavy atom. The molecule has 0 saturated carbocycles. The number of pyridine rings is 1. The number of benzene rings is 1. The van der Waals surface area contributed by atoms with E-state index in [-0.39, 0.29) is 5.91 Å². The van der Waals surface area contributed by atoms with Gasteiger partial charge < -0.3 is 0 Å². The maximum absolute atomic E-state index is 13.2. The highest BCUT2D eigenvalue weighted by Crippen LogP contribution is 2.43. The number of carbonyl (C=O) groups excluding carboxylic acids is 1. The Bertz CT molecular complexity index is 899. The summed E-state index contributed by atoms with van der Waals surface area (Å²) in [5.41, 5.74) is 3.31. The zero-order chi connectivity index (χ0) is 19.9. The van der Waals surface area contributed by atoms with Gasteiger partial charge in [0.25, 0.3) is 5.91 Å². The molecule has 2 aromatic rings. The molecule has 0 spiro atoms. The minimum Gasteiger partial charge on any atom is -0.297 e. The Labute approximate surface area is 176 Å². The predicted molar refractivity (Wildman–Crippen MR) is 117 cm³/mol. The van der Waals surface area contributed by atoms with Gasteiger partial charge >= 0.3 is 0 Å². The number of nitrogens with zero attached hydrogens (tertiary/aromatic N) is 3. The molecule has 1 unspecified atom stereocenters. The Morgan fingerprint density at radius 2 is 2.11 bits per heavy atom. The number of piperidine rings is 1. The van der Waals surface area contributed by atoms with E-state index in [1.165, 1.54) is 18.4 Å². The number of fused-ring (bicyclic) bond motifs is 1. The lowest BCUT2D eigenvalue weighted by Crippen LogP contribution is -2.39. The molecule has 148 valence electrons. The molecule has 1 fully saturated rings. The summed E-state index contributed by atoms with van der Waals surface area (Å²) in [5.74, 6) is 1.57. The van der Waals surface area contributed by atoms with Crippen LogP contribution in [-0.4, -0.2) is 34.0 Å². The molecule has 0 aliphatic carbocycles. The largest absolute Gasteiger partial charge is 0.297 e. The van der Waals surface area contributed by atoms with Gasteiger partial charge in [0.1, 0.15) is 0 Å². The highest BCUT2D eigenvalue weighted by atomic mass is 35.5. The molecule has 1 aromatic heterocycles. The van der Waals surface area contributed by atoms with Crippen molar-refractivity contribution in [2.75, 3.05) is 23.7 Å². The number of halogens is 1. The highest BCUT2D eigenvalue weighted by molar-refractivity contribution is 7.96. The monoisotopic (exact) mass is 415 g/mol. The van der Waals surface area contributed by atoms with Crippen LogP contribution in [0.25, 0.3) is 0 Å². The first-order chi connectivity index (χ1) is 13.4. The van der Waals surface area contributed by atoms with Gasteiger partial charge in [-0.1, -0.05) is 30.5 Å².